The first-order valence-corrected chi connectivity index (χ1v) is 10.3. The van der Waals surface area contributed by atoms with Crippen molar-refractivity contribution < 1.29 is 4.79 Å². The van der Waals surface area contributed by atoms with Gasteiger partial charge in [0.25, 0.3) is 0 Å². The van der Waals surface area contributed by atoms with E-state index in [4.69, 9.17) is 0 Å². The lowest BCUT2D eigenvalue weighted by Crippen LogP contribution is -2.56. The third-order valence-corrected chi connectivity index (χ3v) is 6.74. The molecule has 1 aliphatic heterocycles. The van der Waals surface area contributed by atoms with Crippen LogP contribution in [0.5, 0.6) is 0 Å². The lowest BCUT2D eigenvalue weighted by atomic mass is 9.92. The first kappa shape index (κ1) is 16.8. The largest absolute Gasteiger partial charge is 0.343 e. The molecular formula is C21H26N2OS. The normalized spacial score (nSPS) is 21.3. The number of carbonyl (C=O) groups excluding carboxylic acids is 1. The Kier molecular flexibility index (Phi) is 4.91. The van der Waals surface area contributed by atoms with Gasteiger partial charge in [0, 0.05) is 4.88 Å². The Hall–Kier alpha value is -1.65. The maximum Gasteiger partial charge on any atom is 0.241 e. The van der Waals surface area contributed by atoms with Gasteiger partial charge in [0.15, 0.2) is 0 Å². The molecule has 1 saturated heterocycles. The van der Waals surface area contributed by atoms with E-state index in [0.717, 1.165) is 31.5 Å². The fourth-order valence-corrected chi connectivity index (χ4v) is 5.28. The molecule has 1 aromatic carbocycles. The highest BCUT2D eigenvalue weighted by atomic mass is 32.1. The fourth-order valence-electron chi connectivity index (χ4n) is 4.48. The van der Waals surface area contributed by atoms with Crippen molar-refractivity contribution in [2.45, 2.75) is 50.1 Å². The van der Waals surface area contributed by atoms with E-state index in [-0.39, 0.29) is 17.5 Å². The molecule has 1 unspecified atom stereocenters. The Morgan fingerprint density at radius 2 is 1.72 bits per heavy atom. The lowest BCUT2D eigenvalue weighted by molar-refractivity contribution is -0.133. The molecule has 1 N–H and O–H groups in total. The van der Waals surface area contributed by atoms with Crippen molar-refractivity contribution in [1.82, 2.24) is 10.2 Å². The van der Waals surface area contributed by atoms with Gasteiger partial charge in [-0.25, -0.2) is 0 Å². The van der Waals surface area contributed by atoms with Crippen molar-refractivity contribution in [3.05, 3.63) is 58.3 Å². The van der Waals surface area contributed by atoms with Crippen LogP contribution in [0.2, 0.25) is 0 Å². The predicted molar refractivity (Wildman–Crippen MR) is 103 cm³/mol. The van der Waals surface area contributed by atoms with Gasteiger partial charge in [-0.05, 0) is 55.8 Å². The van der Waals surface area contributed by atoms with Crippen LogP contribution in [0.15, 0.2) is 47.8 Å². The number of benzene rings is 1. The number of carbonyl (C=O) groups is 1. The molecule has 2 aromatic rings. The van der Waals surface area contributed by atoms with Crippen LogP contribution in [0.3, 0.4) is 0 Å². The maximum absolute atomic E-state index is 13.5. The van der Waals surface area contributed by atoms with Gasteiger partial charge in [-0.15, -0.1) is 11.3 Å². The van der Waals surface area contributed by atoms with Crippen LogP contribution in [-0.4, -0.2) is 29.4 Å². The molecule has 0 spiro atoms. The Labute approximate surface area is 154 Å². The van der Waals surface area contributed by atoms with Crippen molar-refractivity contribution in [2.75, 3.05) is 13.1 Å². The van der Waals surface area contributed by atoms with E-state index in [1.165, 1.54) is 30.6 Å². The van der Waals surface area contributed by atoms with Gasteiger partial charge in [-0.1, -0.05) is 49.2 Å². The number of nitrogens with one attached hydrogen (secondary N) is 1. The highest BCUT2D eigenvalue weighted by molar-refractivity contribution is 7.10. The van der Waals surface area contributed by atoms with E-state index >= 15 is 0 Å². The minimum Gasteiger partial charge on any atom is -0.343 e. The number of likely N-dealkylation sites (tertiary alicyclic amines) is 1. The fraction of sp³-hybridized carbons (Fsp3) is 0.476. The topological polar surface area (TPSA) is 32.3 Å². The summed E-state index contributed by atoms with van der Waals surface area (Å²) >= 11 is 1.71. The Balaban J connectivity index is 1.62. The van der Waals surface area contributed by atoms with Crippen LogP contribution in [0, 0.1) is 0 Å². The summed E-state index contributed by atoms with van der Waals surface area (Å²) in [5, 5.41) is 5.51. The van der Waals surface area contributed by atoms with Gasteiger partial charge < -0.3 is 5.32 Å². The van der Waals surface area contributed by atoms with Crippen LogP contribution in [0.25, 0.3) is 0 Å². The number of hydrogen-bond donors (Lipinski definition) is 1. The first-order chi connectivity index (χ1) is 12.3. The van der Waals surface area contributed by atoms with Gasteiger partial charge in [0.1, 0.15) is 5.54 Å². The van der Waals surface area contributed by atoms with Crippen molar-refractivity contribution in [1.29, 1.82) is 0 Å². The van der Waals surface area contributed by atoms with E-state index in [9.17, 15) is 4.79 Å². The zero-order valence-corrected chi connectivity index (χ0v) is 15.4. The van der Waals surface area contributed by atoms with E-state index in [2.05, 4.69) is 39.9 Å². The molecule has 1 aliphatic carbocycles. The summed E-state index contributed by atoms with van der Waals surface area (Å²) in [4.78, 5) is 17.2. The minimum absolute atomic E-state index is 0.0474. The first-order valence-electron chi connectivity index (χ1n) is 9.44. The number of thiophene rings is 1. The van der Waals surface area contributed by atoms with Gasteiger partial charge in [-0.2, -0.15) is 0 Å². The van der Waals surface area contributed by atoms with Crippen LogP contribution in [0.4, 0.5) is 0 Å². The van der Waals surface area contributed by atoms with Gasteiger partial charge in [-0.3, -0.25) is 9.69 Å². The number of rotatable bonds is 5. The Bertz CT molecular complexity index is 686. The molecule has 1 aromatic heterocycles. The summed E-state index contributed by atoms with van der Waals surface area (Å²) in [7, 11) is 0. The molecule has 4 heteroatoms. The minimum atomic E-state index is -0.277. The van der Waals surface area contributed by atoms with E-state index < -0.39 is 0 Å². The van der Waals surface area contributed by atoms with Gasteiger partial charge in [0.05, 0.1) is 6.04 Å². The van der Waals surface area contributed by atoms with Crippen molar-refractivity contribution >= 4 is 17.2 Å². The van der Waals surface area contributed by atoms with Crippen molar-refractivity contribution in [3.63, 3.8) is 0 Å². The quantitative estimate of drug-likeness (QED) is 0.865. The standard InChI is InChI=1S/C21H26N2OS/c24-20(21(12-4-5-13-21)23-14-6-7-15-23)22-19(18-11-8-16-25-18)17-9-2-1-3-10-17/h1-3,8-11,16,19H,4-7,12-15H2,(H,22,24). The summed E-state index contributed by atoms with van der Waals surface area (Å²) in [6.07, 6.45) is 6.79. The maximum atomic E-state index is 13.5. The van der Waals surface area contributed by atoms with Crippen molar-refractivity contribution in [2.24, 2.45) is 0 Å². The van der Waals surface area contributed by atoms with Crippen molar-refractivity contribution in [3.8, 4) is 0 Å². The van der Waals surface area contributed by atoms with Gasteiger partial charge in [0.2, 0.25) is 5.91 Å². The SMILES string of the molecule is O=C(NC(c1ccccc1)c1cccs1)C1(N2CCCC2)CCCC1. The average molecular weight is 355 g/mol. The average Bonchev–Trinajstić information content (AvgIpc) is 3.42. The molecular weight excluding hydrogens is 328 g/mol. The highest BCUT2D eigenvalue weighted by Gasteiger charge is 2.47. The molecule has 25 heavy (non-hydrogen) atoms. The molecule has 2 heterocycles. The molecule has 3 nitrogen and oxygen atoms in total. The monoisotopic (exact) mass is 354 g/mol. The molecule has 4 rings (SSSR count). The molecule has 2 fully saturated rings. The van der Waals surface area contributed by atoms with E-state index in [1.54, 1.807) is 11.3 Å². The second kappa shape index (κ2) is 7.30. The molecule has 132 valence electrons. The zero-order valence-electron chi connectivity index (χ0n) is 14.6. The second-order valence-corrected chi connectivity index (χ2v) is 8.24. The smallest absolute Gasteiger partial charge is 0.241 e. The highest BCUT2D eigenvalue weighted by Crippen LogP contribution is 2.38. The van der Waals surface area contributed by atoms with Crippen LogP contribution in [-0.2, 0) is 4.79 Å². The molecule has 1 saturated carbocycles. The summed E-state index contributed by atoms with van der Waals surface area (Å²) in [6, 6.07) is 14.5. The third-order valence-electron chi connectivity index (χ3n) is 5.80. The summed E-state index contributed by atoms with van der Waals surface area (Å²) in [5.41, 5.74) is 0.883. The molecule has 0 bridgehead atoms. The predicted octanol–water partition coefficient (Wildman–Crippen LogP) is 4.36. The summed E-state index contributed by atoms with van der Waals surface area (Å²) in [5.74, 6) is 0.231. The third kappa shape index (κ3) is 3.25. The Morgan fingerprint density at radius 3 is 2.36 bits per heavy atom. The molecule has 1 atom stereocenters. The van der Waals surface area contributed by atoms with Crippen LogP contribution in [0.1, 0.15) is 55.0 Å². The van der Waals surface area contributed by atoms with Crippen LogP contribution < -0.4 is 5.32 Å². The molecule has 2 aliphatic rings. The number of nitrogens with zero attached hydrogens (tertiary/aromatic N) is 1. The second-order valence-electron chi connectivity index (χ2n) is 7.27. The zero-order chi connectivity index (χ0) is 17.1. The summed E-state index contributed by atoms with van der Waals surface area (Å²) < 4.78 is 0. The summed E-state index contributed by atoms with van der Waals surface area (Å²) in [6.45, 7) is 2.14. The molecule has 0 radical (unpaired) electrons. The van der Waals surface area contributed by atoms with E-state index in [1.807, 2.05) is 18.2 Å². The lowest BCUT2D eigenvalue weighted by Gasteiger charge is -2.38. The van der Waals surface area contributed by atoms with Gasteiger partial charge >= 0.3 is 0 Å². The molecule has 1 amide bonds. The van der Waals surface area contributed by atoms with E-state index in [0.29, 0.717) is 0 Å². The number of amides is 1. The Morgan fingerprint density at radius 1 is 1.00 bits per heavy atom. The van der Waals surface area contributed by atoms with Crippen LogP contribution >= 0.6 is 11.3 Å². The number of hydrogen-bond acceptors (Lipinski definition) is 3.